The van der Waals surface area contributed by atoms with Crippen molar-refractivity contribution in [3.8, 4) is 5.75 Å². The van der Waals surface area contributed by atoms with Crippen molar-refractivity contribution in [2.24, 2.45) is 0 Å². The first-order chi connectivity index (χ1) is 12.5. The van der Waals surface area contributed by atoms with Crippen molar-refractivity contribution >= 4 is 28.6 Å². The van der Waals surface area contributed by atoms with Crippen molar-refractivity contribution in [3.63, 3.8) is 0 Å². The third kappa shape index (κ3) is 4.71. The maximum absolute atomic E-state index is 12.7. The Kier molecular flexibility index (Phi) is 6.06. The molecule has 0 spiro atoms. The van der Waals surface area contributed by atoms with Gasteiger partial charge in [0, 0.05) is 11.4 Å². The van der Waals surface area contributed by atoms with Crippen LogP contribution >= 0.6 is 22.7 Å². The number of carbonyl (C=O) groups is 1. The summed E-state index contributed by atoms with van der Waals surface area (Å²) in [6.45, 7) is 7.04. The molecule has 0 radical (unpaired) electrons. The van der Waals surface area contributed by atoms with Crippen molar-refractivity contribution in [3.05, 3.63) is 68.3 Å². The number of carbonyl (C=O) groups excluding carboxylic acids is 1. The van der Waals surface area contributed by atoms with Gasteiger partial charge >= 0.3 is 0 Å². The van der Waals surface area contributed by atoms with E-state index < -0.39 is 0 Å². The van der Waals surface area contributed by atoms with Gasteiger partial charge in [-0.3, -0.25) is 4.79 Å². The van der Waals surface area contributed by atoms with E-state index in [0.29, 0.717) is 13.2 Å². The topological polar surface area (TPSA) is 42.4 Å². The van der Waals surface area contributed by atoms with Gasteiger partial charge in [-0.1, -0.05) is 18.2 Å². The van der Waals surface area contributed by atoms with Crippen molar-refractivity contribution in [2.75, 3.05) is 0 Å². The molecular weight excluding hydrogens is 364 g/mol. The summed E-state index contributed by atoms with van der Waals surface area (Å²) in [4.78, 5) is 19.9. The molecule has 4 nitrogen and oxygen atoms in total. The average molecular weight is 387 g/mol. The zero-order chi connectivity index (χ0) is 18.5. The van der Waals surface area contributed by atoms with E-state index in [0.717, 1.165) is 21.3 Å². The lowest BCUT2D eigenvalue weighted by molar-refractivity contribution is 0.0693. The summed E-state index contributed by atoms with van der Waals surface area (Å²) in [5, 5.41) is 4.84. The Morgan fingerprint density at radius 1 is 1.23 bits per heavy atom. The second kappa shape index (κ2) is 8.47. The van der Waals surface area contributed by atoms with Crippen LogP contribution in [0.5, 0.6) is 5.75 Å². The van der Waals surface area contributed by atoms with Gasteiger partial charge in [0.15, 0.2) is 0 Å². The van der Waals surface area contributed by atoms with Gasteiger partial charge < -0.3 is 9.64 Å². The molecule has 6 heteroatoms. The van der Waals surface area contributed by atoms with Crippen LogP contribution in [0.1, 0.15) is 39.8 Å². The normalized spacial score (nSPS) is 10.9. The van der Waals surface area contributed by atoms with E-state index in [9.17, 15) is 4.79 Å². The highest BCUT2D eigenvalue weighted by molar-refractivity contribution is 7.12. The standard InChI is InChI=1S/C20H22N2O2S2/c1-14(2)22(20(23)18-8-5-9-25-18)11-16-13-26-19(21-16)12-24-17-7-4-6-15(3)10-17/h4-10,13-14H,11-12H2,1-3H3. The Hall–Kier alpha value is -2.18. The van der Waals surface area contributed by atoms with Crippen LogP contribution in [0.25, 0.3) is 0 Å². The average Bonchev–Trinajstić information content (AvgIpc) is 3.29. The third-order valence-corrected chi connectivity index (χ3v) is 5.63. The molecule has 1 aromatic carbocycles. The zero-order valence-electron chi connectivity index (χ0n) is 15.1. The van der Waals surface area contributed by atoms with Crippen LogP contribution in [-0.2, 0) is 13.2 Å². The minimum atomic E-state index is 0.0561. The molecule has 0 atom stereocenters. The van der Waals surface area contributed by atoms with E-state index >= 15 is 0 Å². The predicted molar refractivity (Wildman–Crippen MR) is 107 cm³/mol. The number of thiophene rings is 1. The number of amides is 1. The molecule has 0 saturated heterocycles. The number of hydrogen-bond acceptors (Lipinski definition) is 5. The Balaban J connectivity index is 1.63. The summed E-state index contributed by atoms with van der Waals surface area (Å²) in [5.41, 5.74) is 2.07. The number of nitrogens with zero attached hydrogens (tertiary/aromatic N) is 2. The van der Waals surface area contributed by atoms with Gasteiger partial charge in [-0.25, -0.2) is 4.98 Å². The highest BCUT2D eigenvalue weighted by Crippen LogP contribution is 2.20. The Labute approximate surface area is 162 Å². The van der Waals surface area contributed by atoms with Crippen molar-refractivity contribution in [1.29, 1.82) is 0 Å². The number of aryl methyl sites for hydroxylation is 1. The smallest absolute Gasteiger partial charge is 0.264 e. The second-order valence-corrected chi connectivity index (χ2v) is 8.23. The van der Waals surface area contributed by atoms with Gasteiger partial charge in [0.2, 0.25) is 0 Å². The van der Waals surface area contributed by atoms with Crippen LogP contribution in [0.3, 0.4) is 0 Å². The first-order valence-electron chi connectivity index (χ1n) is 8.50. The third-order valence-electron chi connectivity index (χ3n) is 3.90. The van der Waals surface area contributed by atoms with E-state index in [1.807, 2.05) is 72.8 Å². The van der Waals surface area contributed by atoms with E-state index in [1.54, 1.807) is 11.3 Å². The molecule has 0 bridgehead atoms. The number of ether oxygens (including phenoxy) is 1. The van der Waals surface area contributed by atoms with Crippen LogP contribution in [0, 0.1) is 6.92 Å². The Morgan fingerprint density at radius 3 is 2.77 bits per heavy atom. The molecule has 0 aliphatic heterocycles. The highest BCUT2D eigenvalue weighted by Gasteiger charge is 2.21. The Bertz CT molecular complexity index is 856. The number of thiazole rings is 1. The fourth-order valence-electron chi connectivity index (χ4n) is 2.54. The second-order valence-electron chi connectivity index (χ2n) is 6.34. The van der Waals surface area contributed by atoms with Gasteiger partial charge in [0.05, 0.1) is 17.1 Å². The molecule has 1 amide bonds. The number of benzene rings is 1. The van der Waals surface area contributed by atoms with Gasteiger partial charge in [0.1, 0.15) is 17.4 Å². The van der Waals surface area contributed by atoms with Crippen molar-refractivity contribution in [1.82, 2.24) is 9.88 Å². The zero-order valence-corrected chi connectivity index (χ0v) is 16.8. The van der Waals surface area contributed by atoms with Gasteiger partial charge in [-0.2, -0.15) is 0 Å². The minimum absolute atomic E-state index is 0.0561. The van der Waals surface area contributed by atoms with Crippen molar-refractivity contribution < 1.29 is 9.53 Å². The summed E-state index contributed by atoms with van der Waals surface area (Å²) < 4.78 is 5.81. The quantitative estimate of drug-likeness (QED) is 0.564. The van der Waals surface area contributed by atoms with Crippen LogP contribution in [0.15, 0.2) is 47.2 Å². The summed E-state index contributed by atoms with van der Waals surface area (Å²) in [6, 6.07) is 11.9. The summed E-state index contributed by atoms with van der Waals surface area (Å²) in [6.07, 6.45) is 0. The molecule has 0 unspecified atom stereocenters. The van der Waals surface area contributed by atoms with Crippen LogP contribution in [0.4, 0.5) is 0 Å². The lowest BCUT2D eigenvalue weighted by atomic mass is 10.2. The fourth-order valence-corrected chi connectivity index (χ4v) is 3.92. The molecule has 2 aromatic heterocycles. The summed E-state index contributed by atoms with van der Waals surface area (Å²) >= 11 is 3.03. The van der Waals surface area contributed by atoms with E-state index in [1.165, 1.54) is 16.9 Å². The molecular formula is C20H22N2O2S2. The largest absolute Gasteiger partial charge is 0.486 e. The molecule has 0 aliphatic carbocycles. The molecule has 136 valence electrons. The molecule has 0 fully saturated rings. The minimum Gasteiger partial charge on any atom is -0.486 e. The van der Waals surface area contributed by atoms with Gasteiger partial charge in [-0.15, -0.1) is 22.7 Å². The lowest BCUT2D eigenvalue weighted by Gasteiger charge is -2.25. The maximum Gasteiger partial charge on any atom is 0.264 e. The van der Waals surface area contributed by atoms with E-state index in [2.05, 4.69) is 4.98 Å². The maximum atomic E-state index is 12.7. The lowest BCUT2D eigenvalue weighted by Crippen LogP contribution is -2.36. The first-order valence-corrected chi connectivity index (χ1v) is 10.3. The molecule has 2 heterocycles. The van der Waals surface area contributed by atoms with E-state index in [4.69, 9.17) is 4.74 Å². The summed E-state index contributed by atoms with van der Waals surface area (Å²) in [7, 11) is 0. The highest BCUT2D eigenvalue weighted by atomic mass is 32.1. The molecule has 3 aromatic rings. The van der Waals surface area contributed by atoms with Crippen LogP contribution in [-0.4, -0.2) is 21.8 Å². The number of aromatic nitrogens is 1. The number of rotatable bonds is 7. The van der Waals surface area contributed by atoms with Gasteiger partial charge in [0.25, 0.3) is 5.91 Å². The van der Waals surface area contributed by atoms with Gasteiger partial charge in [-0.05, 0) is 49.9 Å². The van der Waals surface area contributed by atoms with Crippen LogP contribution < -0.4 is 4.74 Å². The fraction of sp³-hybridized carbons (Fsp3) is 0.300. The van der Waals surface area contributed by atoms with Crippen LogP contribution in [0.2, 0.25) is 0 Å². The Morgan fingerprint density at radius 2 is 2.08 bits per heavy atom. The monoisotopic (exact) mass is 386 g/mol. The molecule has 0 aliphatic rings. The SMILES string of the molecule is Cc1cccc(OCc2nc(CN(C(=O)c3cccs3)C(C)C)cs2)c1. The molecule has 0 N–H and O–H groups in total. The number of hydrogen-bond donors (Lipinski definition) is 0. The molecule has 26 heavy (non-hydrogen) atoms. The van der Waals surface area contributed by atoms with Crippen molar-refractivity contribution in [2.45, 2.75) is 40.0 Å². The molecule has 0 saturated carbocycles. The van der Waals surface area contributed by atoms with E-state index in [-0.39, 0.29) is 11.9 Å². The predicted octanol–water partition coefficient (Wildman–Crippen LogP) is 5.14. The first kappa shape index (κ1) is 18.6. The molecule has 3 rings (SSSR count). The summed E-state index contributed by atoms with van der Waals surface area (Å²) in [5.74, 6) is 0.902.